The van der Waals surface area contributed by atoms with Gasteiger partial charge in [-0.05, 0) is 36.2 Å². The molecule has 28 heavy (non-hydrogen) atoms. The van der Waals surface area contributed by atoms with Crippen LogP contribution in [0.2, 0.25) is 0 Å². The number of ether oxygens (including phenoxy) is 1. The van der Waals surface area contributed by atoms with Gasteiger partial charge in [0.05, 0.1) is 12.5 Å². The highest BCUT2D eigenvalue weighted by molar-refractivity contribution is 5.94. The zero-order valence-corrected chi connectivity index (χ0v) is 15.9. The fourth-order valence-electron chi connectivity index (χ4n) is 3.62. The van der Waals surface area contributed by atoms with Crippen molar-refractivity contribution in [2.75, 3.05) is 33.4 Å². The van der Waals surface area contributed by atoms with Gasteiger partial charge in [-0.25, -0.2) is 4.39 Å². The predicted molar refractivity (Wildman–Crippen MR) is 104 cm³/mol. The third-order valence-corrected chi connectivity index (χ3v) is 5.08. The molecule has 1 aliphatic rings. The van der Waals surface area contributed by atoms with Gasteiger partial charge in [0.2, 0.25) is 5.91 Å². The summed E-state index contributed by atoms with van der Waals surface area (Å²) in [5, 5.41) is 2.88. The topological polar surface area (TPSA) is 58.6 Å². The van der Waals surface area contributed by atoms with Crippen LogP contribution < -0.4 is 5.32 Å². The van der Waals surface area contributed by atoms with Crippen LogP contribution in [0.15, 0.2) is 54.6 Å². The van der Waals surface area contributed by atoms with E-state index in [1.165, 1.54) is 24.3 Å². The first-order chi connectivity index (χ1) is 13.6. The second kappa shape index (κ2) is 9.46. The number of halogens is 1. The second-order valence-electron chi connectivity index (χ2n) is 7.04. The molecular formula is C22H25FN2O3. The number of hydrogen-bond donors (Lipinski definition) is 1. The minimum Gasteiger partial charge on any atom is -0.383 e. The first-order valence-corrected chi connectivity index (χ1v) is 9.45. The van der Waals surface area contributed by atoms with E-state index in [4.69, 9.17) is 4.74 Å². The normalized spacial score (nSPS) is 19.3. The van der Waals surface area contributed by atoms with Crippen LogP contribution >= 0.6 is 0 Å². The zero-order chi connectivity index (χ0) is 19.9. The number of nitrogens with one attached hydrogen (secondary N) is 1. The summed E-state index contributed by atoms with van der Waals surface area (Å²) in [7, 11) is 1.58. The van der Waals surface area contributed by atoms with Crippen molar-refractivity contribution in [1.29, 1.82) is 0 Å². The summed E-state index contributed by atoms with van der Waals surface area (Å²) in [6, 6.07) is 15.4. The van der Waals surface area contributed by atoms with E-state index < -0.39 is 0 Å². The van der Waals surface area contributed by atoms with Gasteiger partial charge in [0.15, 0.2) is 0 Å². The van der Waals surface area contributed by atoms with Crippen molar-refractivity contribution in [3.05, 3.63) is 71.5 Å². The van der Waals surface area contributed by atoms with E-state index in [0.717, 1.165) is 5.56 Å². The molecule has 1 fully saturated rings. The minimum absolute atomic E-state index is 0.0672. The first kappa shape index (κ1) is 20.0. The summed E-state index contributed by atoms with van der Waals surface area (Å²) in [6.07, 6.45) is 0.677. The highest BCUT2D eigenvalue weighted by atomic mass is 19.1. The summed E-state index contributed by atoms with van der Waals surface area (Å²) in [5.41, 5.74) is 1.53. The molecule has 0 unspecified atom stereocenters. The molecule has 2 aromatic rings. The van der Waals surface area contributed by atoms with E-state index >= 15 is 0 Å². The molecule has 1 N–H and O–H groups in total. The van der Waals surface area contributed by atoms with Crippen LogP contribution in [0.4, 0.5) is 4.39 Å². The van der Waals surface area contributed by atoms with Crippen molar-refractivity contribution >= 4 is 11.8 Å². The Morgan fingerprint density at radius 1 is 1.11 bits per heavy atom. The summed E-state index contributed by atoms with van der Waals surface area (Å²) >= 11 is 0. The fourth-order valence-corrected chi connectivity index (χ4v) is 3.62. The second-order valence-corrected chi connectivity index (χ2v) is 7.04. The number of likely N-dealkylation sites (tertiary alicyclic amines) is 1. The molecule has 0 aromatic heterocycles. The van der Waals surface area contributed by atoms with E-state index in [9.17, 15) is 14.0 Å². The molecule has 2 atom stereocenters. The van der Waals surface area contributed by atoms with Gasteiger partial charge < -0.3 is 15.0 Å². The van der Waals surface area contributed by atoms with Gasteiger partial charge in [-0.2, -0.15) is 0 Å². The van der Waals surface area contributed by atoms with Crippen molar-refractivity contribution in [3.8, 4) is 0 Å². The van der Waals surface area contributed by atoms with Crippen LogP contribution in [0.1, 0.15) is 28.3 Å². The number of carbonyl (C=O) groups is 2. The summed E-state index contributed by atoms with van der Waals surface area (Å²) < 4.78 is 18.2. The highest BCUT2D eigenvalue weighted by Crippen LogP contribution is 2.31. The molecule has 5 nitrogen and oxygen atoms in total. The number of amides is 2. The smallest absolute Gasteiger partial charge is 0.253 e. The molecule has 2 aromatic carbocycles. The molecular weight excluding hydrogens is 359 g/mol. The number of nitrogens with zero attached hydrogens (tertiary/aromatic N) is 1. The van der Waals surface area contributed by atoms with Gasteiger partial charge in [-0.3, -0.25) is 9.59 Å². The van der Waals surface area contributed by atoms with Gasteiger partial charge in [-0.15, -0.1) is 0 Å². The SMILES string of the molecule is COCCNC(=O)[C@H]1C[C@H](c2ccccc2)CN(C(=O)c2ccc(F)cc2)C1. The standard InChI is InChI=1S/C22H25FN2O3/c1-28-12-11-24-21(26)19-13-18(16-5-3-2-4-6-16)14-25(15-19)22(27)17-7-9-20(23)10-8-17/h2-10,18-19H,11-15H2,1H3,(H,24,26)/t18-,19-/m0/s1. The Morgan fingerprint density at radius 3 is 2.50 bits per heavy atom. The molecule has 6 heteroatoms. The molecule has 148 valence electrons. The first-order valence-electron chi connectivity index (χ1n) is 9.45. The Hall–Kier alpha value is -2.73. The Morgan fingerprint density at radius 2 is 1.82 bits per heavy atom. The molecule has 1 heterocycles. The number of benzene rings is 2. The van der Waals surface area contributed by atoms with Gasteiger partial charge in [0, 0.05) is 38.2 Å². The van der Waals surface area contributed by atoms with E-state index in [0.29, 0.717) is 38.2 Å². The number of carbonyl (C=O) groups excluding carboxylic acids is 2. The van der Waals surface area contributed by atoms with Crippen molar-refractivity contribution < 1.29 is 18.7 Å². The minimum atomic E-state index is -0.382. The highest BCUT2D eigenvalue weighted by Gasteiger charge is 2.34. The number of rotatable bonds is 6. The van der Waals surface area contributed by atoms with Gasteiger partial charge in [-0.1, -0.05) is 30.3 Å². The Balaban J connectivity index is 1.79. The van der Waals surface area contributed by atoms with Crippen LogP contribution in [-0.4, -0.2) is 50.1 Å². The predicted octanol–water partition coefficient (Wildman–Crippen LogP) is 2.83. The zero-order valence-electron chi connectivity index (χ0n) is 15.9. The lowest BCUT2D eigenvalue weighted by Gasteiger charge is -2.37. The third kappa shape index (κ3) is 4.95. The maximum Gasteiger partial charge on any atom is 0.253 e. The third-order valence-electron chi connectivity index (χ3n) is 5.08. The van der Waals surface area contributed by atoms with Gasteiger partial charge in [0.25, 0.3) is 5.91 Å². The van der Waals surface area contributed by atoms with Crippen LogP contribution in [0.3, 0.4) is 0 Å². The van der Waals surface area contributed by atoms with E-state index in [2.05, 4.69) is 5.32 Å². The Bertz CT molecular complexity index is 795. The maximum absolute atomic E-state index is 13.2. The van der Waals surface area contributed by atoms with Gasteiger partial charge >= 0.3 is 0 Å². The summed E-state index contributed by atoms with van der Waals surface area (Å²) in [4.78, 5) is 27.3. The van der Waals surface area contributed by atoms with E-state index in [1.807, 2.05) is 30.3 Å². The summed E-state index contributed by atoms with van der Waals surface area (Å²) in [6.45, 7) is 1.76. The number of piperidine rings is 1. The molecule has 0 aliphatic carbocycles. The maximum atomic E-state index is 13.2. The van der Waals surface area contributed by atoms with Gasteiger partial charge in [0.1, 0.15) is 5.82 Å². The fraction of sp³-hybridized carbons (Fsp3) is 0.364. The Labute approximate surface area is 164 Å². The number of hydrogen-bond acceptors (Lipinski definition) is 3. The van der Waals surface area contributed by atoms with Crippen LogP contribution in [0.25, 0.3) is 0 Å². The monoisotopic (exact) mass is 384 g/mol. The van der Waals surface area contributed by atoms with Crippen molar-refractivity contribution in [1.82, 2.24) is 10.2 Å². The molecule has 0 saturated carbocycles. The van der Waals surface area contributed by atoms with Crippen LogP contribution in [0.5, 0.6) is 0 Å². The number of methoxy groups -OCH3 is 1. The lowest BCUT2D eigenvalue weighted by atomic mass is 9.83. The average Bonchev–Trinajstić information content (AvgIpc) is 2.74. The van der Waals surface area contributed by atoms with Crippen LogP contribution in [0, 0.1) is 11.7 Å². The van der Waals surface area contributed by atoms with E-state index in [-0.39, 0.29) is 29.5 Å². The van der Waals surface area contributed by atoms with Crippen LogP contribution in [-0.2, 0) is 9.53 Å². The Kier molecular flexibility index (Phi) is 6.76. The largest absolute Gasteiger partial charge is 0.383 e. The van der Waals surface area contributed by atoms with E-state index in [1.54, 1.807) is 12.0 Å². The molecule has 2 amide bonds. The lowest BCUT2D eigenvalue weighted by molar-refractivity contribution is -0.126. The average molecular weight is 384 g/mol. The van der Waals surface area contributed by atoms with Crippen molar-refractivity contribution in [2.45, 2.75) is 12.3 Å². The molecule has 1 saturated heterocycles. The molecule has 0 bridgehead atoms. The molecule has 3 rings (SSSR count). The molecule has 0 radical (unpaired) electrons. The molecule has 0 spiro atoms. The molecule has 1 aliphatic heterocycles. The lowest BCUT2D eigenvalue weighted by Crippen LogP contribution is -2.48. The summed E-state index contributed by atoms with van der Waals surface area (Å²) in [5.74, 6) is -0.879. The quantitative estimate of drug-likeness (QED) is 0.779. The van der Waals surface area contributed by atoms with Crippen molar-refractivity contribution in [2.24, 2.45) is 5.92 Å². The van der Waals surface area contributed by atoms with Crippen molar-refractivity contribution in [3.63, 3.8) is 0 Å².